The molecule has 1 unspecified atom stereocenters. The largest absolute Gasteiger partial charge is 0.314 e. The molecule has 86 valence electrons. The first-order chi connectivity index (χ1) is 7.75. The Morgan fingerprint density at radius 1 is 1.44 bits per heavy atom. The predicted molar refractivity (Wildman–Crippen MR) is 56.2 cm³/mol. The van der Waals surface area contributed by atoms with Gasteiger partial charge < -0.3 is 5.32 Å². The Kier molecular flexibility index (Phi) is 3.48. The molecule has 1 heterocycles. The van der Waals surface area contributed by atoms with Crippen LogP contribution in [0.5, 0.6) is 0 Å². The van der Waals surface area contributed by atoms with Gasteiger partial charge in [-0.1, -0.05) is 0 Å². The van der Waals surface area contributed by atoms with Gasteiger partial charge in [0.2, 0.25) is 0 Å². The second-order valence-electron chi connectivity index (χ2n) is 3.67. The average molecular weight is 224 g/mol. The molecule has 4 nitrogen and oxygen atoms in total. The van der Waals surface area contributed by atoms with E-state index in [4.69, 9.17) is 4.84 Å². The lowest BCUT2D eigenvalue weighted by atomic mass is 10.2. The predicted octanol–water partition coefficient (Wildman–Crippen LogP) is 0.849. The Morgan fingerprint density at radius 3 is 2.81 bits per heavy atom. The molecule has 0 radical (unpaired) electrons. The van der Waals surface area contributed by atoms with Gasteiger partial charge in [0.15, 0.2) is 0 Å². The van der Waals surface area contributed by atoms with E-state index in [1.54, 1.807) is 0 Å². The lowest BCUT2D eigenvalue weighted by Gasteiger charge is -2.10. The van der Waals surface area contributed by atoms with Crippen molar-refractivity contribution in [1.82, 2.24) is 10.8 Å². The Balaban J connectivity index is 1.85. The Hall–Kier alpha value is -1.46. The highest BCUT2D eigenvalue weighted by Crippen LogP contribution is 2.04. The highest BCUT2D eigenvalue weighted by atomic mass is 19.1. The molecule has 1 aromatic carbocycles. The van der Waals surface area contributed by atoms with Crippen LogP contribution in [-0.2, 0) is 4.84 Å². The molecule has 0 aromatic heterocycles. The minimum atomic E-state index is -0.363. The van der Waals surface area contributed by atoms with Crippen molar-refractivity contribution in [3.63, 3.8) is 0 Å². The van der Waals surface area contributed by atoms with Gasteiger partial charge in [0.1, 0.15) is 5.82 Å². The third-order valence-corrected chi connectivity index (χ3v) is 2.44. The molecule has 16 heavy (non-hydrogen) atoms. The van der Waals surface area contributed by atoms with Crippen LogP contribution in [0.25, 0.3) is 0 Å². The first-order valence-corrected chi connectivity index (χ1v) is 5.18. The van der Waals surface area contributed by atoms with Gasteiger partial charge in [0, 0.05) is 12.1 Å². The van der Waals surface area contributed by atoms with E-state index in [0.717, 1.165) is 19.5 Å². The molecular formula is C11H13FN2O2. The fraction of sp³-hybridized carbons (Fsp3) is 0.364. The van der Waals surface area contributed by atoms with Crippen LogP contribution in [0.4, 0.5) is 4.39 Å². The van der Waals surface area contributed by atoms with E-state index < -0.39 is 0 Å². The number of carbonyl (C=O) groups is 1. The van der Waals surface area contributed by atoms with E-state index >= 15 is 0 Å². The first-order valence-electron chi connectivity index (χ1n) is 5.18. The maximum absolute atomic E-state index is 12.6. The highest BCUT2D eigenvalue weighted by molar-refractivity contribution is 5.93. The van der Waals surface area contributed by atoms with Crippen LogP contribution >= 0.6 is 0 Å². The second kappa shape index (κ2) is 5.05. The van der Waals surface area contributed by atoms with Crippen molar-refractivity contribution in [3.05, 3.63) is 35.6 Å². The Labute approximate surface area is 92.7 Å². The molecule has 1 atom stereocenters. The normalized spacial score (nSPS) is 19.7. The maximum Gasteiger partial charge on any atom is 0.274 e. The molecule has 1 aliphatic heterocycles. The summed E-state index contributed by atoms with van der Waals surface area (Å²) in [7, 11) is 0. The topological polar surface area (TPSA) is 50.4 Å². The standard InChI is InChI=1S/C11H13FN2O2/c12-9-3-1-8(2-4-9)11(15)14-16-10-5-6-13-7-10/h1-4,10,13H,5-7H2,(H,14,15). The van der Waals surface area contributed by atoms with Crippen LogP contribution in [0, 0.1) is 5.82 Å². The molecule has 1 fully saturated rings. The smallest absolute Gasteiger partial charge is 0.274 e. The molecule has 0 bridgehead atoms. The van der Waals surface area contributed by atoms with Gasteiger partial charge in [-0.2, -0.15) is 0 Å². The van der Waals surface area contributed by atoms with E-state index in [0.29, 0.717) is 5.56 Å². The lowest BCUT2D eigenvalue weighted by molar-refractivity contribution is -0.00680. The van der Waals surface area contributed by atoms with Gasteiger partial charge >= 0.3 is 0 Å². The number of halogens is 1. The summed E-state index contributed by atoms with van der Waals surface area (Å²) in [5.41, 5.74) is 2.74. The zero-order chi connectivity index (χ0) is 11.4. The summed E-state index contributed by atoms with van der Waals surface area (Å²) in [4.78, 5) is 16.7. The highest BCUT2D eigenvalue weighted by Gasteiger charge is 2.16. The molecule has 1 aliphatic rings. The SMILES string of the molecule is O=C(NOC1CCNC1)c1ccc(F)cc1. The summed E-state index contributed by atoms with van der Waals surface area (Å²) < 4.78 is 12.6. The summed E-state index contributed by atoms with van der Waals surface area (Å²) in [6.07, 6.45) is 0.897. The summed E-state index contributed by atoms with van der Waals surface area (Å²) in [6.45, 7) is 1.64. The first kappa shape index (κ1) is 11.0. The summed E-state index contributed by atoms with van der Waals surface area (Å²) in [6, 6.07) is 5.32. The Bertz CT molecular complexity index is 361. The minimum Gasteiger partial charge on any atom is -0.314 e. The fourth-order valence-electron chi connectivity index (χ4n) is 1.53. The van der Waals surface area contributed by atoms with E-state index in [1.165, 1.54) is 24.3 Å². The minimum absolute atomic E-state index is 0.0180. The molecule has 0 spiro atoms. The molecule has 1 amide bonds. The van der Waals surface area contributed by atoms with Crippen LogP contribution in [0.15, 0.2) is 24.3 Å². The van der Waals surface area contributed by atoms with Crippen LogP contribution < -0.4 is 10.8 Å². The van der Waals surface area contributed by atoms with Crippen molar-refractivity contribution >= 4 is 5.91 Å². The molecule has 0 saturated carbocycles. The zero-order valence-corrected chi connectivity index (χ0v) is 8.70. The Morgan fingerprint density at radius 2 is 2.19 bits per heavy atom. The van der Waals surface area contributed by atoms with Crippen molar-refractivity contribution < 1.29 is 14.0 Å². The summed E-state index contributed by atoms with van der Waals surface area (Å²) in [5.74, 6) is -0.718. The third kappa shape index (κ3) is 2.77. The number of hydrogen-bond acceptors (Lipinski definition) is 3. The molecular weight excluding hydrogens is 211 g/mol. The fourth-order valence-corrected chi connectivity index (χ4v) is 1.53. The van der Waals surface area contributed by atoms with Crippen LogP contribution in [0.2, 0.25) is 0 Å². The van der Waals surface area contributed by atoms with Crippen molar-refractivity contribution in [2.45, 2.75) is 12.5 Å². The van der Waals surface area contributed by atoms with Gasteiger partial charge in [-0.15, -0.1) is 0 Å². The van der Waals surface area contributed by atoms with E-state index in [-0.39, 0.29) is 17.8 Å². The van der Waals surface area contributed by atoms with Crippen LogP contribution in [-0.4, -0.2) is 25.1 Å². The molecule has 1 aromatic rings. The van der Waals surface area contributed by atoms with Crippen molar-refractivity contribution in [1.29, 1.82) is 0 Å². The second-order valence-corrected chi connectivity index (χ2v) is 3.67. The van der Waals surface area contributed by atoms with Gasteiger partial charge in [-0.25, -0.2) is 9.87 Å². The monoisotopic (exact) mass is 224 g/mol. The number of hydrogen-bond donors (Lipinski definition) is 2. The number of rotatable bonds is 3. The molecule has 1 saturated heterocycles. The molecule has 2 rings (SSSR count). The van der Waals surface area contributed by atoms with Crippen molar-refractivity contribution in [2.75, 3.05) is 13.1 Å². The van der Waals surface area contributed by atoms with Gasteiger partial charge in [-0.05, 0) is 37.2 Å². The van der Waals surface area contributed by atoms with Crippen LogP contribution in [0.3, 0.4) is 0 Å². The number of hydroxylamine groups is 1. The third-order valence-electron chi connectivity index (χ3n) is 2.44. The van der Waals surface area contributed by atoms with E-state index in [9.17, 15) is 9.18 Å². The van der Waals surface area contributed by atoms with E-state index in [1.807, 2.05) is 0 Å². The molecule has 2 N–H and O–H groups in total. The van der Waals surface area contributed by atoms with Crippen molar-refractivity contribution in [2.24, 2.45) is 0 Å². The molecule has 0 aliphatic carbocycles. The van der Waals surface area contributed by atoms with Gasteiger partial charge in [0.25, 0.3) is 5.91 Å². The number of amides is 1. The average Bonchev–Trinajstić information content (AvgIpc) is 2.80. The summed E-state index contributed by atoms with van der Waals surface area (Å²) in [5, 5.41) is 3.12. The number of carbonyl (C=O) groups excluding carboxylic acids is 1. The van der Waals surface area contributed by atoms with Crippen LogP contribution in [0.1, 0.15) is 16.8 Å². The molecule has 5 heteroatoms. The van der Waals surface area contributed by atoms with E-state index in [2.05, 4.69) is 10.8 Å². The maximum atomic E-state index is 12.6. The summed E-state index contributed by atoms with van der Waals surface area (Å²) >= 11 is 0. The lowest BCUT2D eigenvalue weighted by Crippen LogP contribution is -2.30. The number of nitrogens with one attached hydrogen (secondary N) is 2. The van der Waals surface area contributed by atoms with Gasteiger partial charge in [-0.3, -0.25) is 9.63 Å². The van der Waals surface area contributed by atoms with Gasteiger partial charge in [0.05, 0.1) is 6.10 Å². The quantitative estimate of drug-likeness (QED) is 0.748. The zero-order valence-electron chi connectivity index (χ0n) is 8.70. The van der Waals surface area contributed by atoms with Crippen molar-refractivity contribution in [3.8, 4) is 0 Å². The number of benzene rings is 1.